The molecule has 2 amide bonds. The molecule has 0 spiro atoms. The Kier molecular flexibility index (Phi) is 5.20. The van der Waals surface area contributed by atoms with Crippen LogP contribution < -0.4 is 16.4 Å². The lowest BCUT2D eigenvalue weighted by Gasteiger charge is -2.25. The van der Waals surface area contributed by atoms with E-state index < -0.39 is 0 Å². The number of anilines is 2. The van der Waals surface area contributed by atoms with Gasteiger partial charge < -0.3 is 16.4 Å². The molecule has 5 nitrogen and oxygen atoms in total. The van der Waals surface area contributed by atoms with Gasteiger partial charge in [0.2, 0.25) is 11.8 Å². The van der Waals surface area contributed by atoms with Gasteiger partial charge in [-0.15, -0.1) is 0 Å². The number of halogens is 1. The van der Waals surface area contributed by atoms with Crippen LogP contribution in [-0.4, -0.2) is 17.9 Å². The van der Waals surface area contributed by atoms with E-state index in [0.717, 1.165) is 25.7 Å². The highest BCUT2D eigenvalue weighted by atomic mass is 35.5. The number of nitrogens with one attached hydrogen (secondary N) is 2. The maximum absolute atomic E-state index is 12.2. The van der Waals surface area contributed by atoms with Crippen molar-refractivity contribution in [3.8, 4) is 0 Å². The maximum atomic E-state index is 12.2. The predicted octanol–water partition coefficient (Wildman–Crippen LogP) is 2.75. The van der Waals surface area contributed by atoms with Gasteiger partial charge in [-0.3, -0.25) is 9.59 Å². The van der Waals surface area contributed by atoms with E-state index in [1.807, 2.05) is 0 Å². The van der Waals surface area contributed by atoms with Crippen LogP contribution in [0.1, 0.15) is 32.6 Å². The molecule has 1 aliphatic rings. The number of hydrogen-bond donors (Lipinski definition) is 3. The van der Waals surface area contributed by atoms with E-state index in [4.69, 9.17) is 17.3 Å². The summed E-state index contributed by atoms with van der Waals surface area (Å²) >= 11 is 6.08. The average molecular weight is 310 g/mol. The van der Waals surface area contributed by atoms with E-state index in [1.54, 1.807) is 18.2 Å². The summed E-state index contributed by atoms with van der Waals surface area (Å²) in [6, 6.07) is 5.26. The maximum Gasteiger partial charge on any atom is 0.227 e. The molecule has 0 aliphatic heterocycles. The van der Waals surface area contributed by atoms with Crippen LogP contribution in [0.4, 0.5) is 11.4 Å². The van der Waals surface area contributed by atoms with Crippen LogP contribution in [0.2, 0.25) is 5.02 Å². The molecule has 114 valence electrons. The first-order chi connectivity index (χ1) is 9.95. The van der Waals surface area contributed by atoms with Gasteiger partial charge in [-0.1, -0.05) is 11.6 Å². The zero-order valence-electron chi connectivity index (χ0n) is 12.0. The van der Waals surface area contributed by atoms with Crippen molar-refractivity contribution >= 4 is 34.8 Å². The molecule has 0 bridgehead atoms. The number of carbonyl (C=O) groups excluding carboxylic acids is 2. The minimum Gasteiger partial charge on any atom is -0.328 e. The standard InChI is InChI=1S/C15H20ClN3O2/c1-9(20)18-14-7-6-12(8-13(14)16)19-15(21)10-2-4-11(17)5-3-10/h6-8,10-11H,2-5,17H2,1H3,(H,18,20)(H,19,21). The van der Waals surface area contributed by atoms with E-state index in [-0.39, 0.29) is 23.8 Å². The van der Waals surface area contributed by atoms with Gasteiger partial charge >= 0.3 is 0 Å². The molecule has 1 saturated carbocycles. The van der Waals surface area contributed by atoms with E-state index in [2.05, 4.69) is 10.6 Å². The quantitative estimate of drug-likeness (QED) is 0.802. The Morgan fingerprint density at radius 1 is 1.19 bits per heavy atom. The van der Waals surface area contributed by atoms with Crippen molar-refractivity contribution in [2.45, 2.75) is 38.6 Å². The highest BCUT2D eigenvalue weighted by Gasteiger charge is 2.24. The third-order valence-corrected chi connectivity index (χ3v) is 4.00. The molecule has 6 heteroatoms. The number of benzene rings is 1. The Balaban J connectivity index is 1.98. The topological polar surface area (TPSA) is 84.2 Å². The number of amides is 2. The Hall–Kier alpha value is -1.59. The second-order valence-corrected chi connectivity index (χ2v) is 5.88. The van der Waals surface area contributed by atoms with Crippen molar-refractivity contribution in [1.82, 2.24) is 0 Å². The lowest BCUT2D eigenvalue weighted by molar-refractivity contribution is -0.120. The number of carbonyl (C=O) groups is 2. The van der Waals surface area contributed by atoms with Crippen LogP contribution in [0.5, 0.6) is 0 Å². The van der Waals surface area contributed by atoms with Crippen molar-refractivity contribution in [2.75, 3.05) is 10.6 Å². The lowest BCUT2D eigenvalue weighted by atomic mass is 9.86. The molecule has 21 heavy (non-hydrogen) atoms. The lowest BCUT2D eigenvalue weighted by Crippen LogP contribution is -2.32. The van der Waals surface area contributed by atoms with Gasteiger partial charge in [0.05, 0.1) is 10.7 Å². The summed E-state index contributed by atoms with van der Waals surface area (Å²) in [6.45, 7) is 1.42. The highest BCUT2D eigenvalue weighted by molar-refractivity contribution is 6.34. The largest absolute Gasteiger partial charge is 0.328 e. The Morgan fingerprint density at radius 3 is 2.43 bits per heavy atom. The smallest absolute Gasteiger partial charge is 0.227 e. The van der Waals surface area contributed by atoms with Crippen LogP contribution in [0, 0.1) is 5.92 Å². The van der Waals surface area contributed by atoms with Crippen LogP contribution in [0.25, 0.3) is 0 Å². The summed E-state index contributed by atoms with van der Waals surface area (Å²) in [5.41, 5.74) is 7.01. The van der Waals surface area contributed by atoms with Crippen LogP contribution in [0.15, 0.2) is 18.2 Å². The molecule has 1 aromatic rings. The third kappa shape index (κ3) is 4.44. The Morgan fingerprint density at radius 2 is 1.86 bits per heavy atom. The van der Waals surface area contributed by atoms with Crippen molar-refractivity contribution in [3.63, 3.8) is 0 Å². The molecule has 0 heterocycles. The minimum absolute atomic E-state index is 0.00486. The SMILES string of the molecule is CC(=O)Nc1ccc(NC(=O)C2CCC(N)CC2)cc1Cl. The van der Waals surface area contributed by atoms with Gasteiger partial charge in [0, 0.05) is 24.6 Å². The fraction of sp³-hybridized carbons (Fsp3) is 0.467. The average Bonchev–Trinajstić information content (AvgIpc) is 2.42. The van der Waals surface area contributed by atoms with Gasteiger partial charge in [-0.25, -0.2) is 0 Å². The molecule has 0 atom stereocenters. The van der Waals surface area contributed by atoms with Crippen molar-refractivity contribution in [3.05, 3.63) is 23.2 Å². The van der Waals surface area contributed by atoms with Crippen molar-refractivity contribution in [2.24, 2.45) is 11.7 Å². The Labute approximate surface area is 129 Å². The van der Waals surface area contributed by atoms with Gasteiger partial charge in [0.15, 0.2) is 0 Å². The molecular formula is C15H20ClN3O2. The molecule has 1 aromatic carbocycles. The molecule has 0 aromatic heterocycles. The van der Waals surface area contributed by atoms with Crippen molar-refractivity contribution in [1.29, 1.82) is 0 Å². The first-order valence-electron chi connectivity index (χ1n) is 7.09. The van der Waals surface area contributed by atoms with Crippen LogP contribution >= 0.6 is 11.6 Å². The summed E-state index contributed by atoms with van der Waals surface area (Å²) in [5.74, 6) is -0.170. The molecule has 2 rings (SSSR count). The molecule has 1 fully saturated rings. The molecule has 0 saturated heterocycles. The fourth-order valence-electron chi connectivity index (χ4n) is 2.51. The second-order valence-electron chi connectivity index (χ2n) is 5.48. The summed E-state index contributed by atoms with van der Waals surface area (Å²) < 4.78 is 0. The zero-order valence-corrected chi connectivity index (χ0v) is 12.7. The van der Waals surface area contributed by atoms with E-state index in [9.17, 15) is 9.59 Å². The van der Waals surface area contributed by atoms with Crippen LogP contribution in [0.3, 0.4) is 0 Å². The van der Waals surface area contributed by atoms with E-state index in [0.29, 0.717) is 16.4 Å². The van der Waals surface area contributed by atoms with Crippen molar-refractivity contribution < 1.29 is 9.59 Å². The fourth-order valence-corrected chi connectivity index (χ4v) is 2.74. The molecule has 0 unspecified atom stereocenters. The van der Waals surface area contributed by atoms with E-state index >= 15 is 0 Å². The molecular weight excluding hydrogens is 290 g/mol. The zero-order chi connectivity index (χ0) is 15.4. The Bertz CT molecular complexity index is 540. The molecule has 4 N–H and O–H groups in total. The summed E-state index contributed by atoms with van der Waals surface area (Å²) in [5, 5.41) is 5.89. The number of hydrogen-bond acceptors (Lipinski definition) is 3. The predicted molar refractivity (Wildman–Crippen MR) is 84.3 cm³/mol. The number of nitrogens with two attached hydrogens (primary N) is 1. The minimum atomic E-state index is -0.188. The normalized spacial score (nSPS) is 21.7. The summed E-state index contributed by atoms with van der Waals surface area (Å²) in [6.07, 6.45) is 3.43. The third-order valence-electron chi connectivity index (χ3n) is 3.69. The summed E-state index contributed by atoms with van der Waals surface area (Å²) in [4.78, 5) is 23.2. The van der Waals surface area contributed by atoms with Gasteiger partial charge in [-0.05, 0) is 43.9 Å². The monoisotopic (exact) mass is 309 g/mol. The van der Waals surface area contributed by atoms with E-state index in [1.165, 1.54) is 6.92 Å². The first-order valence-corrected chi connectivity index (χ1v) is 7.47. The van der Waals surface area contributed by atoms with Crippen LogP contribution in [-0.2, 0) is 9.59 Å². The first kappa shape index (κ1) is 15.8. The number of rotatable bonds is 3. The second kappa shape index (κ2) is 6.91. The highest BCUT2D eigenvalue weighted by Crippen LogP contribution is 2.28. The van der Waals surface area contributed by atoms with Gasteiger partial charge in [-0.2, -0.15) is 0 Å². The van der Waals surface area contributed by atoms with Gasteiger partial charge in [0.1, 0.15) is 0 Å². The molecule has 0 radical (unpaired) electrons. The summed E-state index contributed by atoms with van der Waals surface area (Å²) in [7, 11) is 0. The van der Waals surface area contributed by atoms with Gasteiger partial charge in [0.25, 0.3) is 0 Å². The molecule has 1 aliphatic carbocycles.